The molecule has 0 aromatic carbocycles. The molecule has 0 bridgehead atoms. The van der Waals surface area contributed by atoms with Gasteiger partial charge in [0.1, 0.15) is 12.5 Å². The Hall–Kier alpha value is -1.24. The highest BCUT2D eigenvalue weighted by Gasteiger charge is 2.38. The van der Waals surface area contributed by atoms with Gasteiger partial charge in [-0.3, -0.25) is 9.59 Å². The van der Waals surface area contributed by atoms with E-state index < -0.39 is 36.2 Å². The fraction of sp³-hybridized carbons (Fsp3) is 0.846. The summed E-state index contributed by atoms with van der Waals surface area (Å²) < 4.78 is 33.2. The Balaban J connectivity index is 4.33. The number of esters is 1. The lowest BCUT2D eigenvalue weighted by Crippen LogP contribution is -2.44. The molecule has 0 fully saturated rings. The number of carbonyl (C=O) groups excluding carboxylic acids is 2. The summed E-state index contributed by atoms with van der Waals surface area (Å²) in [5.74, 6) is -2.03. The van der Waals surface area contributed by atoms with Gasteiger partial charge in [-0.15, -0.1) is 0 Å². The van der Waals surface area contributed by atoms with E-state index in [0.29, 0.717) is 0 Å². The summed E-state index contributed by atoms with van der Waals surface area (Å²) in [6.07, 6.45) is -2.53. The first-order valence-electron chi connectivity index (χ1n) is 6.50. The first-order chi connectivity index (χ1) is 9.20. The summed E-state index contributed by atoms with van der Waals surface area (Å²) in [5.41, 5.74) is -0.597. The Bertz CT molecular complexity index is 316. The molecule has 0 aliphatic carbocycles. The van der Waals surface area contributed by atoms with Crippen molar-refractivity contribution in [2.24, 2.45) is 11.3 Å². The van der Waals surface area contributed by atoms with Crippen LogP contribution >= 0.6 is 0 Å². The molecule has 20 heavy (non-hydrogen) atoms. The van der Waals surface area contributed by atoms with E-state index in [4.69, 9.17) is 4.74 Å². The smallest absolute Gasteiger partial charge is 0.319 e. The highest BCUT2D eigenvalue weighted by molar-refractivity contribution is 5.98. The minimum atomic E-state index is -2.53. The van der Waals surface area contributed by atoms with Crippen molar-refractivity contribution in [1.29, 1.82) is 0 Å². The first kappa shape index (κ1) is 18.8. The van der Waals surface area contributed by atoms with Crippen LogP contribution in [-0.4, -0.2) is 44.7 Å². The largest absolute Gasteiger partial charge is 0.465 e. The van der Waals surface area contributed by atoms with E-state index in [9.17, 15) is 18.4 Å². The summed E-state index contributed by atoms with van der Waals surface area (Å²) in [6.45, 7) is 6.47. The van der Waals surface area contributed by atoms with E-state index in [1.165, 1.54) is 0 Å². The molecular formula is C13H23F2NO4. The van der Waals surface area contributed by atoms with E-state index in [1.807, 2.05) is 0 Å². The maximum absolute atomic E-state index is 12.0. The average molecular weight is 295 g/mol. The van der Waals surface area contributed by atoms with E-state index in [0.717, 1.165) is 0 Å². The lowest BCUT2D eigenvalue weighted by molar-refractivity contribution is -0.156. The number of hydrogen-bond donors (Lipinski definition) is 1. The van der Waals surface area contributed by atoms with Crippen molar-refractivity contribution in [3.05, 3.63) is 0 Å². The SMILES string of the molecule is CCOC(=O)C(C(=O)NCCOCC(F)F)C(C)(C)C. The van der Waals surface area contributed by atoms with E-state index in [-0.39, 0.29) is 19.8 Å². The number of ether oxygens (including phenoxy) is 2. The monoisotopic (exact) mass is 295 g/mol. The molecule has 7 heteroatoms. The van der Waals surface area contributed by atoms with E-state index in [1.54, 1.807) is 27.7 Å². The van der Waals surface area contributed by atoms with E-state index in [2.05, 4.69) is 10.1 Å². The first-order valence-corrected chi connectivity index (χ1v) is 6.50. The van der Waals surface area contributed by atoms with Crippen LogP contribution in [0.4, 0.5) is 8.78 Å². The summed E-state index contributed by atoms with van der Waals surface area (Å²) in [5, 5.41) is 2.49. The van der Waals surface area contributed by atoms with Crippen LogP contribution in [0.3, 0.4) is 0 Å². The Labute approximate surface area is 118 Å². The molecule has 0 aromatic heterocycles. The van der Waals surface area contributed by atoms with Crippen LogP contribution in [0.5, 0.6) is 0 Å². The molecule has 0 radical (unpaired) electrons. The zero-order valence-electron chi connectivity index (χ0n) is 12.4. The second-order valence-electron chi connectivity index (χ2n) is 5.31. The minimum Gasteiger partial charge on any atom is -0.465 e. The fourth-order valence-electron chi connectivity index (χ4n) is 1.60. The number of alkyl halides is 2. The van der Waals surface area contributed by atoms with Crippen molar-refractivity contribution < 1.29 is 27.8 Å². The highest BCUT2D eigenvalue weighted by atomic mass is 19.3. The Morgan fingerprint density at radius 3 is 2.30 bits per heavy atom. The summed E-state index contributed by atoms with van der Waals surface area (Å²) in [4.78, 5) is 23.8. The molecule has 0 saturated heterocycles. The molecule has 0 heterocycles. The molecule has 0 rings (SSSR count). The molecule has 0 aromatic rings. The molecule has 118 valence electrons. The van der Waals surface area contributed by atoms with Crippen molar-refractivity contribution in [3.63, 3.8) is 0 Å². The second-order valence-corrected chi connectivity index (χ2v) is 5.31. The third kappa shape index (κ3) is 7.37. The summed E-state index contributed by atoms with van der Waals surface area (Å²) >= 11 is 0. The second kappa shape index (κ2) is 8.84. The number of halogens is 2. The highest BCUT2D eigenvalue weighted by Crippen LogP contribution is 2.27. The number of hydrogen-bond acceptors (Lipinski definition) is 4. The zero-order chi connectivity index (χ0) is 15.8. The molecule has 5 nitrogen and oxygen atoms in total. The normalized spacial score (nSPS) is 13.2. The number of rotatable bonds is 8. The van der Waals surface area contributed by atoms with Crippen LogP contribution in [0.1, 0.15) is 27.7 Å². The summed E-state index contributed by atoms with van der Waals surface area (Å²) in [6, 6.07) is 0. The van der Waals surface area contributed by atoms with Crippen LogP contribution < -0.4 is 5.32 Å². The number of carbonyl (C=O) groups is 2. The predicted octanol–water partition coefficient (Wildman–Crippen LogP) is 1.61. The van der Waals surface area contributed by atoms with Gasteiger partial charge in [-0.2, -0.15) is 0 Å². The molecule has 1 atom stereocenters. The quantitative estimate of drug-likeness (QED) is 0.420. The summed E-state index contributed by atoms with van der Waals surface area (Å²) in [7, 11) is 0. The predicted molar refractivity (Wildman–Crippen MR) is 69.4 cm³/mol. The van der Waals surface area contributed by atoms with Gasteiger partial charge in [-0.05, 0) is 12.3 Å². The van der Waals surface area contributed by atoms with Gasteiger partial charge in [0.15, 0.2) is 0 Å². The van der Waals surface area contributed by atoms with Gasteiger partial charge in [-0.25, -0.2) is 8.78 Å². The van der Waals surface area contributed by atoms with Gasteiger partial charge >= 0.3 is 5.97 Å². The third-order valence-corrected chi connectivity index (χ3v) is 2.44. The van der Waals surface area contributed by atoms with Crippen LogP contribution in [0, 0.1) is 11.3 Å². The standard InChI is InChI=1S/C13H23F2NO4/c1-5-20-12(18)10(13(2,3)4)11(17)16-6-7-19-8-9(14)15/h9-10H,5-8H2,1-4H3,(H,16,17). The average Bonchev–Trinajstić information content (AvgIpc) is 2.26. The maximum atomic E-state index is 12.0. The van der Waals surface area contributed by atoms with Crippen molar-refractivity contribution in [1.82, 2.24) is 5.32 Å². The van der Waals surface area contributed by atoms with Crippen molar-refractivity contribution >= 4 is 11.9 Å². The molecule has 1 unspecified atom stereocenters. The Morgan fingerprint density at radius 1 is 1.25 bits per heavy atom. The molecule has 0 aliphatic rings. The van der Waals surface area contributed by atoms with Crippen molar-refractivity contribution in [2.75, 3.05) is 26.4 Å². The lowest BCUT2D eigenvalue weighted by atomic mass is 9.80. The molecule has 1 N–H and O–H groups in total. The topological polar surface area (TPSA) is 64.6 Å². The fourth-order valence-corrected chi connectivity index (χ4v) is 1.60. The van der Waals surface area contributed by atoms with Crippen LogP contribution in [-0.2, 0) is 19.1 Å². The minimum absolute atomic E-state index is 0.0320. The van der Waals surface area contributed by atoms with Gasteiger partial charge < -0.3 is 14.8 Å². The van der Waals surface area contributed by atoms with E-state index >= 15 is 0 Å². The molecule has 0 aliphatic heterocycles. The molecular weight excluding hydrogens is 272 g/mol. The van der Waals surface area contributed by atoms with Crippen molar-refractivity contribution in [3.8, 4) is 0 Å². The van der Waals surface area contributed by atoms with Crippen LogP contribution in [0.25, 0.3) is 0 Å². The molecule has 0 spiro atoms. The van der Waals surface area contributed by atoms with Crippen LogP contribution in [0.2, 0.25) is 0 Å². The molecule has 0 saturated carbocycles. The maximum Gasteiger partial charge on any atom is 0.319 e. The molecule has 1 amide bonds. The zero-order valence-corrected chi connectivity index (χ0v) is 12.4. The van der Waals surface area contributed by atoms with Crippen LogP contribution in [0.15, 0.2) is 0 Å². The Kier molecular flexibility index (Phi) is 8.29. The number of nitrogens with one attached hydrogen (secondary N) is 1. The third-order valence-electron chi connectivity index (χ3n) is 2.44. The lowest BCUT2D eigenvalue weighted by Gasteiger charge is -2.27. The van der Waals surface area contributed by atoms with Gasteiger partial charge in [0, 0.05) is 6.54 Å². The van der Waals surface area contributed by atoms with Gasteiger partial charge in [0.25, 0.3) is 6.43 Å². The number of amides is 1. The Morgan fingerprint density at radius 2 is 1.85 bits per heavy atom. The van der Waals surface area contributed by atoms with Crippen molar-refractivity contribution in [2.45, 2.75) is 34.1 Å². The van der Waals surface area contributed by atoms with Gasteiger partial charge in [-0.1, -0.05) is 20.8 Å². The van der Waals surface area contributed by atoms with Gasteiger partial charge in [0.2, 0.25) is 5.91 Å². The van der Waals surface area contributed by atoms with Gasteiger partial charge in [0.05, 0.1) is 13.2 Å².